The van der Waals surface area contributed by atoms with E-state index >= 15 is 0 Å². The number of rotatable bonds is 0. The molecule has 0 aromatic carbocycles. The quantitative estimate of drug-likeness (QED) is 0.374. The van der Waals surface area contributed by atoms with Gasteiger partial charge in [-0.05, 0) is 0 Å². The molecule has 0 rings (SSSR count). The SMILES string of the molecule is O=[N+]([O-])[O-].[Cr].[NH4+]. The van der Waals surface area contributed by atoms with Gasteiger partial charge in [0.15, 0.2) is 0 Å². The van der Waals surface area contributed by atoms with Crippen molar-refractivity contribution in [1.29, 1.82) is 0 Å². The van der Waals surface area contributed by atoms with Crippen LogP contribution in [0, 0.1) is 15.3 Å². The van der Waals surface area contributed by atoms with Crippen LogP contribution in [0.2, 0.25) is 0 Å². The number of quaternary nitrogens is 1. The van der Waals surface area contributed by atoms with Gasteiger partial charge in [0.2, 0.25) is 0 Å². The molecule has 0 bridgehead atoms. The Morgan fingerprint density at radius 1 is 1.33 bits per heavy atom. The van der Waals surface area contributed by atoms with E-state index in [9.17, 15) is 0 Å². The van der Waals surface area contributed by atoms with Crippen molar-refractivity contribution in [2.24, 2.45) is 0 Å². The van der Waals surface area contributed by atoms with Crippen LogP contribution in [0.4, 0.5) is 0 Å². The molecule has 0 aliphatic carbocycles. The molecule has 0 aromatic rings. The fraction of sp³-hybridized carbons (Fsp3) is 0. The van der Waals surface area contributed by atoms with Crippen molar-refractivity contribution in [2.75, 3.05) is 0 Å². The molecule has 0 saturated carbocycles. The number of nitrogens with zero attached hydrogens (tertiary/aromatic N) is 1. The van der Waals surface area contributed by atoms with Crippen LogP contribution in [0.5, 0.6) is 0 Å². The molecular weight excluding hydrogens is 128 g/mol. The zero-order valence-corrected chi connectivity index (χ0v) is 4.36. The summed E-state index contributed by atoms with van der Waals surface area (Å²) in [6, 6.07) is 0. The minimum atomic E-state index is -1.75. The molecule has 0 saturated heterocycles. The summed E-state index contributed by atoms with van der Waals surface area (Å²) in [5.74, 6) is 0. The van der Waals surface area contributed by atoms with E-state index in [0.717, 1.165) is 0 Å². The van der Waals surface area contributed by atoms with Gasteiger partial charge < -0.3 is 21.5 Å². The first-order valence-electron chi connectivity index (χ1n) is 0.548. The van der Waals surface area contributed by atoms with Gasteiger partial charge in [-0.1, -0.05) is 0 Å². The van der Waals surface area contributed by atoms with Crippen LogP contribution >= 0.6 is 0 Å². The van der Waals surface area contributed by atoms with Crippen molar-refractivity contribution in [3.05, 3.63) is 15.3 Å². The fourth-order valence-electron chi connectivity index (χ4n) is 0. The molecule has 0 unspecified atom stereocenters. The predicted octanol–water partition coefficient (Wildman–Crippen LogP) is 0.135. The van der Waals surface area contributed by atoms with Crippen molar-refractivity contribution in [2.45, 2.75) is 0 Å². The van der Waals surface area contributed by atoms with E-state index < -0.39 is 5.09 Å². The summed E-state index contributed by atoms with van der Waals surface area (Å²) in [7, 11) is 0. The van der Waals surface area contributed by atoms with Gasteiger partial charge in [-0.25, -0.2) is 0 Å². The van der Waals surface area contributed by atoms with Gasteiger partial charge in [0.05, 0.1) is 5.09 Å². The Kier molecular flexibility index (Phi) is 25.4. The Bertz CT molecular complexity index is 31.8. The second kappa shape index (κ2) is 8.83. The van der Waals surface area contributed by atoms with E-state index in [4.69, 9.17) is 15.3 Å². The first-order chi connectivity index (χ1) is 1.73. The second-order valence-electron chi connectivity index (χ2n) is 0.224. The Balaban J connectivity index is -0.0000000450. The van der Waals surface area contributed by atoms with Gasteiger partial charge in [-0.2, -0.15) is 0 Å². The third-order valence-electron chi connectivity index (χ3n) is 0. The van der Waals surface area contributed by atoms with E-state index in [1.807, 2.05) is 0 Å². The van der Waals surface area contributed by atoms with Crippen molar-refractivity contribution in [3.63, 3.8) is 0 Å². The third kappa shape index (κ3) is 283. The Hall–Kier alpha value is -0.308. The molecule has 4 N–H and O–H groups in total. The van der Waals surface area contributed by atoms with Crippen LogP contribution < -0.4 is 6.15 Å². The molecule has 0 heterocycles. The molecule has 6 heteroatoms. The summed E-state index contributed by atoms with van der Waals surface area (Å²) in [5, 5.41) is 14.8. The van der Waals surface area contributed by atoms with E-state index in [-0.39, 0.29) is 23.5 Å². The van der Waals surface area contributed by atoms with E-state index in [1.165, 1.54) is 0 Å². The van der Waals surface area contributed by atoms with Crippen LogP contribution in [0.25, 0.3) is 0 Å². The number of hydrogen-bond donors (Lipinski definition) is 1. The van der Waals surface area contributed by atoms with Crippen LogP contribution in [-0.4, -0.2) is 5.09 Å². The van der Waals surface area contributed by atoms with Crippen molar-refractivity contribution >= 4 is 0 Å². The van der Waals surface area contributed by atoms with Crippen LogP contribution in [0.3, 0.4) is 0 Å². The summed E-state index contributed by atoms with van der Waals surface area (Å²) in [5.41, 5.74) is 0. The molecule has 0 radical (unpaired) electrons. The topological polar surface area (TPSA) is 103 Å². The van der Waals surface area contributed by atoms with Crippen LogP contribution in [0.1, 0.15) is 0 Å². The average Bonchev–Trinajstić information content (AvgIpc) is 0.811. The molecule has 38 valence electrons. The minimum absolute atomic E-state index is 0. The molecule has 0 aliphatic heterocycles. The summed E-state index contributed by atoms with van der Waals surface area (Å²) in [4.78, 5) is 8.25. The Morgan fingerprint density at radius 3 is 1.33 bits per heavy atom. The molecule has 0 aromatic heterocycles. The Morgan fingerprint density at radius 2 is 1.33 bits per heavy atom. The largest absolute Gasteiger partial charge is 0.369 e. The molecule has 0 atom stereocenters. The maximum atomic E-state index is 8.25. The summed E-state index contributed by atoms with van der Waals surface area (Å²) >= 11 is 0. The van der Waals surface area contributed by atoms with Crippen molar-refractivity contribution in [1.82, 2.24) is 6.15 Å². The van der Waals surface area contributed by atoms with Gasteiger partial charge in [0.1, 0.15) is 0 Å². The van der Waals surface area contributed by atoms with Gasteiger partial charge in [-0.15, -0.1) is 0 Å². The maximum Gasteiger partial charge on any atom is 0.0689 e. The van der Waals surface area contributed by atoms with E-state index in [2.05, 4.69) is 0 Å². The van der Waals surface area contributed by atoms with E-state index in [0.29, 0.717) is 0 Å². The minimum Gasteiger partial charge on any atom is -0.369 e. The fourth-order valence-corrected chi connectivity index (χ4v) is 0. The Labute approximate surface area is 44.8 Å². The number of hydrogen-bond acceptors (Lipinski definition) is 3. The van der Waals surface area contributed by atoms with Crippen LogP contribution in [-0.2, 0) is 17.4 Å². The smallest absolute Gasteiger partial charge is 0.0689 e. The van der Waals surface area contributed by atoms with Gasteiger partial charge >= 0.3 is 0 Å². The van der Waals surface area contributed by atoms with Gasteiger partial charge in [0, 0.05) is 17.4 Å². The molecule has 0 spiro atoms. The summed E-state index contributed by atoms with van der Waals surface area (Å²) in [6.45, 7) is 0. The van der Waals surface area contributed by atoms with Crippen molar-refractivity contribution < 1.29 is 22.4 Å². The molecule has 0 amide bonds. The van der Waals surface area contributed by atoms with Gasteiger partial charge in [-0.3, -0.25) is 0 Å². The normalized spacial score (nSPS) is 4.00. The molecular formula is H4CrN2O3. The predicted molar refractivity (Wildman–Crippen MR) is 16.3 cm³/mol. The van der Waals surface area contributed by atoms with Crippen molar-refractivity contribution in [3.8, 4) is 0 Å². The first kappa shape index (κ1) is 17.3. The zero-order chi connectivity index (χ0) is 3.58. The summed E-state index contributed by atoms with van der Waals surface area (Å²) in [6.07, 6.45) is 0. The average molecular weight is 132 g/mol. The maximum absolute atomic E-state index is 8.25. The standard InChI is InChI=1S/Cr.NO3.H3N/c;2-1(3)4;/h;;1H3/q;-1;/p+1. The first-order valence-corrected chi connectivity index (χ1v) is 0.548. The molecule has 5 nitrogen and oxygen atoms in total. The molecule has 0 fully saturated rings. The third-order valence-corrected chi connectivity index (χ3v) is 0. The molecule has 6 heavy (non-hydrogen) atoms. The monoisotopic (exact) mass is 132 g/mol. The molecule has 0 aliphatic rings. The second-order valence-corrected chi connectivity index (χ2v) is 0.224. The van der Waals surface area contributed by atoms with Gasteiger partial charge in [0.25, 0.3) is 0 Å². The van der Waals surface area contributed by atoms with Crippen LogP contribution in [0.15, 0.2) is 0 Å². The van der Waals surface area contributed by atoms with E-state index in [1.54, 1.807) is 0 Å². The zero-order valence-electron chi connectivity index (χ0n) is 3.08. The summed E-state index contributed by atoms with van der Waals surface area (Å²) < 4.78 is 0.